The summed E-state index contributed by atoms with van der Waals surface area (Å²) in [6, 6.07) is 42.6. The second-order valence-corrected chi connectivity index (χ2v) is 8.84. The van der Waals surface area contributed by atoms with E-state index >= 15 is 0 Å². The van der Waals surface area contributed by atoms with Gasteiger partial charge in [-0.1, -0.05) is 133 Å². The Morgan fingerprint density at radius 2 is 1.26 bits per heavy atom. The quantitative estimate of drug-likeness (QED) is 0.199. The van der Waals surface area contributed by atoms with Crippen molar-refractivity contribution in [3.63, 3.8) is 0 Å². The first-order valence-corrected chi connectivity index (χ1v) is 12.3. The van der Waals surface area contributed by atoms with Crippen molar-refractivity contribution < 1.29 is 0 Å². The third-order valence-corrected chi connectivity index (χ3v) is 6.35. The number of nitrogens with zero attached hydrogens (tertiary/aromatic N) is 2. The molecule has 0 fully saturated rings. The number of hydrogen-bond acceptors (Lipinski definition) is 1. The fourth-order valence-corrected chi connectivity index (χ4v) is 4.51. The molecule has 0 aliphatic heterocycles. The molecule has 0 radical (unpaired) electrons. The van der Waals surface area contributed by atoms with E-state index in [1.807, 2.05) is 0 Å². The molecule has 1 heterocycles. The standard InChI is InChI=1S/C32H29BN2/c1-5-13-26(14-6-1)21-22-35-30(23-27-15-7-2-8-16-27)25-34-32(35)33-31(29-19-11-4-12-20-29)24-28-17-9-3-10-18-28/h1-20,24-25,33H,21-23H2. The lowest BCUT2D eigenvalue weighted by atomic mass is 9.65. The summed E-state index contributed by atoms with van der Waals surface area (Å²) in [5.41, 5.74) is 8.74. The third kappa shape index (κ3) is 6.07. The molecule has 0 N–H and O–H groups in total. The molecule has 5 aromatic rings. The van der Waals surface area contributed by atoms with Gasteiger partial charge >= 0.3 is 0 Å². The Balaban J connectivity index is 1.49. The van der Waals surface area contributed by atoms with Crippen LogP contribution in [0.2, 0.25) is 0 Å². The monoisotopic (exact) mass is 452 g/mol. The number of imidazole rings is 1. The predicted octanol–water partition coefficient (Wildman–Crippen LogP) is 5.98. The van der Waals surface area contributed by atoms with Crippen molar-refractivity contribution >= 4 is 24.6 Å². The highest BCUT2D eigenvalue weighted by Crippen LogP contribution is 2.18. The summed E-state index contributed by atoms with van der Waals surface area (Å²) in [6.45, 7) is 0.912. The highest BCUT2D eigenvalue weighted by molar-refractivity contribution is 6.73. The molecule has 5 rings (SSSR count). The van der Waals surface area contributed by atoms with Gasteiger partial charge < -0.3 is 4.57 Å². The summed E-state index contributed by atoms with van der Waals surface area (Å²) < 4.78 is 2.43. The van der Waals surface area contributed by atoms with Gasteiger partial charge in [0.1, 0.15) is 0 Å². The van der Waals surface area contributed by atoms with Crippen LogP contribution in [-0.2, 0) is 19.4 Å². The number of benzene rings is 4. The molecule has 170 valence electrons. The van der Waals surface area contributed by atoms with Crippen molar-refractivity contribution in [1.29, 1.82) is 0 Å². The van der Waals surface area contributed by atoms with Gasteiger partial charge in [0.25, 0.3) is 0 Å². The fourth-order valence-electron chi connectivity index (χ4n) is 4.51. The minimum Gasteiger partial charge on any atom is -0.339 e. The van der Waals surface area contributed by atoms with Crippen molar-refractivity contribution in [3.8, 4) is 0 Å². The summed E-state index contributed by atoms with van der Waals surface area (Å²) in [6.07, 6.45) is 6.22. The van der Waals surface area contributed by atoms with Gasteiger partial charge in [0.05, 0.1) is 5.72 Å². The van der Waals surface area contributed by atoms with Crippen LogP contribution in [0.5, 0.6) is 0 Å². The molecular weight excluding hydrogens is 423 g/mol. The molecule has 2 nitrogen and oxygen atoms in total. The van der Waals surface area contributed by atoms with Crippen LogP contribution >= 0.6 is 0 Å². The Kier molecular flexibility index (Phi) is 7.35. The molecule has 0 bridgehead atoms. The topological polar surface area (TPSA) is 17.8 Å². The van der Waals surface area contributed by atoms with Crippen molar-refractivity contribution in [2.24, 2.45) is 0 Å². The lowest BCUT2D eigenvalue weighted by Crippen LogP contribution is -2.29. The van der Waals surface area contributed by atoms with Gasteiger partial charge in [-0.2, -0.15) is 0 Å². The van der Waals surface area contributed by atoms with E-state index in [1.165, 1.54) is 33.4 Å². The van der Waals surface area contributed by atoms with Crippen LogP contribution in [0.3, 0.4) is 0 Å². The number of hydrogen-bond donors (Lipinski definition) is 0. The zero-order valence-corrected chi connectivity index (χ0v) is 19.9. The van der Waals surface area contributed by atoms with Crippen LogP contribution in [-0.4, -0.2) is 16.8 Å². The third-order valence-electron chi connectivity index (χ3n) is 6.35. The Morgan fingerprint density at radius 1 is 0.686 bits per heavy atom. The van der Waals surface area contributed by atoms with Crippen LogP contribution in [0.25, 0.3) is 11.5 Å². The molecule has 4 aromatic carbocycles. The maximum absolute atomic E-state index is 4.95. The molecule has 0 saturated heterocycles. The summed E-state index contributed by atoms with van der Waals surface area (Å²) in [4.78, 5) is 4.95. The number of aryl methyl sites for hydroxylation is 1. The van der Waals surface area contributed by atoms with E-state index in [0.717, 1.165) is 32.4 Å². The molecule has 35 heavy (non-hydrogen) atoms. The first-order valence-electron chi connectivity index (χ1n) is 12.3. The zero-order valence-electron chi connectivity index (χ0n) is 19.9. The second kappa shape index (κ2) is 11.3. The van der Waals surface area contributed by atoms with Crippen LogP contribution in [0.1, 0.15) is 27.9 Å². The molecule has 0 aliphatic rings. The van der Waals surface area contributed by atoms with Crippen molar-refractivity contribution in [1.82, 2.24) is 9.55 Å². The molecule has 0 aliphatic carbocycles. The van der Waals surface area contributed by atoms with Gasteiger partial charge in [0.2, 0.25) is 7.28 Å². The summed E-state index contributed by atoms with van der Waals surface area (Å²) in [7, 11) is 0.780. The predicted molar refractivity (Wildman–Crippen MR) is 149 cm³/mol. The Morgan fingerprint density at radius 3 is 1.91 bits per heavy atom. The van der Waals surface area contributed by atoms with Gasteiger partial charge in [-0.05, 0) is 28.7 Å². The van der Waals surface area contributed by atoms with Gasteiger partial charge in [-0.25, -0.2) is 0 Å². The van der Waals surface area contributed by atoms with Gasteiger partial charge in [-0.15, -0.1) is 0 Å². The maximum atomic E-state index is 4.95. The summed E-state index contributed by atoms with van der Waals surface area (Å²) in [5, 5.41) is 0. The van der Waals surface area contributed by atoms with Gasteiger partial charge in [-0.3, -0.25) is 4.98 Å². The second-order valence-electron chi connectivity index (χ2n) is 8.84. The lowest BCUT2D eigenvalue weighted by molar-refractivity contribution is 0.685. The first-order chi connectivity index (χ1) is 17.3. The van der Waals surface area contributed by atoms with E-state index in [2.05, 4.69) is 138 Å². The summed E-state index contributed by atoms with van der Waals surface area (Å²) >= 11 is 0. The van der Waals surface area contributed by atoms with Crippen LogP contribution in [0.15, 0.2) is 128 Å². The molecule has 0 amide bonds. The number of rotatable bonds is 9. The van der Waals surface area contributed by atoms with Crippen LogP contribution in [0.4, 0.5) is 0 Å². The highest BCUT2D eigenvalue weighted by atomic mass is 15.1. The van der Waals surface area contributed by atoms with E-state index in [9.17, 15) is 0 Å². The Labute approximate surface area is 208 Å². The average molecular weight is 452 g/mol. The van der Waals surface area contributed by atoms with E-state index in [-0.39, 0.29) is 0 Å². The van der Waals surface area contributed by atoms with E-state index < -0.39 is 0 Å². The smallest absolute Gasteiger partial charge is 0.239 e. The van der Waals surface area contributed by atoms with E-state index in [1.54, 1.807) is 0 Å². The minimum atomic E-state index is 0.780. The highest BCUT2D eigenvalue weighted by Gasteiger charge is 2.15. The van der Waals surface area contributed by atoms with Crippen LogP contribution < -0.4 is 5.72 Å². The Hall–Kier alpha value is -4.11. The fraction of sp³-hybridized carbons (Fsp3) is 0.0938. The Bertz CT molecular complexity index is 1360. The van der Waals surface area contributed by atoms with Crippen molar-refractivity contribution in [3.05, 3.63) is 155 Å². The number of aromatic nitrogens is 2. The normalized spacial score (nSPS) is 11.4. The molecule has 0 saturated carbocycles. The van der Waals surface area contributed by atoms with E-state index in [0.29, 0.717) is 0 Å². The largest absolute Gasteiger partial charge is 0.339 e. The lowest BCUT2D eigenvalue weighted by Gasteiger charge is -2.14. The molecule has 0 atom stereocenters. The molecular formula is C32H29BN2. The zero-order chi connectivity index (χ0) is 23.7. The maximum Gasteiger partial charge on any atom is 0.239 e. The van der Waals surface area contributed by atoms with E-state index in [4.69, 9.17) is 4.98 Å². The van der Waals surface area contributed by atoms with Crippen molar-refractivity contribution in [2.75, 3.05) is 0 Å². The minimum absolute atomic E-state index is 0.780. The molecule has 1 aromatic heterocycles. The average Bonchev–Trinajstić information content (AvgIpc) is 3.30. The van der Waals surface area contributed by atoms with Gasteiger partial charge in [0, 0.05) is 24.9 Å². The SMILES string of the molecule is B(C(=Cc1ccccc1)c1ccccc1)c1ncc(Cc2ccccc2)n1CCc1ccccc1. The molecule has 0 unspecified atom stereocenters. The molecule has 3 heteroatoms. The van der Waals surface area contributed by atoms with Crippen molar-refractivity contribution in [2.45, 2.75) is 19.4 Å². The molecule has 0 spiro atoms. The summed E-state index contributed by atoms with van der Waals surface area (Å²) in [5.74, 6) is 0. The van der Waals surface area contributed by atoms with Gasteiger partial charge in [0.15, 0.2) is 0 Å². The first kappa shape index (κ1) is 22.7. The van der Waals surface area contributed by atoms with Crippen LogP contribution in [0, 0.1) is 0 Å².